The Labute approximate surface area is 113 Å². The lowest BCUT2D eigenvalue weighted by atomic mass is 9.94. The molecule has 5 heteroatoms. The van der Waals surface area contributed by atoms with Gasteiger partial charge in [0.2, 0.25) is 5.91 Å². The van der Waals surface area contributed by atoms with Crippen molar-refractivity contribution in [2.24, 2.45) is 17.6 Å². The number of aromatic carboxylic acids is 1. The number of benzene rings is 1. The van der Waals surface area contributed by atoms with Gasteiger partial charge in [0.25, 0.3) is 0 Å². The molecule has 5 nitrogen and oxygen atoms in total. The van der Waals surface area contributed by atoms with Crippen LogP contribution in [-0.4, -0.2) is 30.6 Å². The zero-order valence-corrected chi connectivity index (χ0v) is 11.5. The number of hydrogen-bond acceptors (Lipinski definition) is 3. The highest BCUT2D eigenvalue weighted by molar-refractivity contribution is 6.02. The molecule has 0 radical (unpaired) electrons. The van der Waals surface area contributed by atoms with Crippen molar-refractivity contribution < 1.29 is 14.7 Å². The molecule has 0 heterocycles. The Morgan fingerprint density at radius 1 is 1.32 bits per heavy atom. The van der Waals surface area contributed by atoms with Crippen molar-refractivity contribution in [3.05, 3.63) is 29.8 Å². The van der Waals surface area contributed by atoms with Crippen LogP contribution in [0, 0.1) is 11.8 Å². The van der Waals surface area contributed by atoms with E-state index in [0.717, 1.165) is 0 Å². The number of carboxylic acid groups (broad SMARTS) is 1. The summed E-state index contributed by atoms with van der Waals surface area (Å²) >= 11 is 0. The maximum Gasteiger partial charge on any atom is 0.337 e. The number of rotatable bonds is 5. The van der Waals surface area contributed by atoms with Crippen molar-refractivity contribution in [2.75, 3.05) is 18.5 Å². The van der Waals surface area contributed by atoms with Gasteiger partial charge in [0.15, 0.2) is 0 Å². The first-order valence-electron chi connectivity index (χ1n) is 6.20. The Bertz CT molecular complexity index is 472. The van der Waals surface area contributed by atoms with Crippen LogP contribution < -0.4 is 10.6 Å². The first-order valence-corrected chi connectivity index (χ1v) is 6.20. The Morgan fingerprint density at radius 2 is 1.89 bits per heavy atom. The van der Waals surface area contributed by atoms with Gasteiger partial charge in [-0.1, -0.05) is 26.0 Å². The molecule has 1 aromatic rings. The summed E-state index contributed by atoms with van der Waals surface area (Å²) in [6, 6.07) is 6.44. The quantitative estimate of drug-likeness (QED) is 0.845. The predicted octanol–water partition coefficient (Wildman–Crippen LogP) is 1.58. The van der Waals surface area contributed by atoms with Gasteiger partial charge < -0.3 is 15.7 Å². The summed E-state index contributed by atoms with van der Waals surface area (Å²) < 4.78 is 0. The number of nitrogens with zero attached hydrogens (tertiary/aromatic N) is 1. The van der Waals surface area contributed by atoms with Crippen LogP contribution in [0.4, 0.5) is 5.69 Å². The van der Waals surface area contributed by atoms with E-state index in [2.05, 4.69) is 0 Å². The minimum atomic E-state index is -1.05. The van der Waals surface area contributed by atoms with E-state index in [9.17, 15) is 9.59 Å². The molecule has 1 rings (SSSR count). The monoisotopic (exact) mass is 264 g/mol. The van der Waals surface area contributed by atoms with Crippen LogP contribution in [0.15, 0.2) is 24.3 Å². The van der Waals surface area contributed by atoms with Gasteiger partial charge in [0.05, 0.1) is 17.2 Å². The van der Waals surface area contributed by atoms with E-state index in [1.54, 1.807) is 25.2 Å². The van der Waals surface area contributed by atoms with Gasteiger partial charge in [-0.15, -0.1) is 0 Å². The van der Waals surface area contributed by atoms with Gasteiger partial charge in [0, 0.05) is 13.6 Å². The largest absolute Gasteiger partial charge is 0.478 e. The average molecular weight is 264 g/mol. The van der Waals surface area contributed by atoms with Crippen LogP contribution in [0.1, 0.15) is 24.2 Å². The number of nitrogens with two attached hydrogens (primary N) is 1. The van der Waals surface area contributed by atoms with Crippen LogP contribution in [0.3, 0.4) is 0 Å². The summed E-state index contributed by atoms with van der Waals surface area (Å²) in [6.45, 7) is 4.09. The number of carbonyl (C=O) groups excluding carboxylic acids is 1. The summed E-state index contributed by atoms with van der Waals surface area (Å²) in [5.74, 6) is -1.42. The van der Waals surface area contributed by atoms with Gasteiger partial charge in [-0.3, -0.25) is 4.79 Å². The lowest BCUT2D eigenvalue weighted by Crippen LogP contribution is -2.39. The van der Waals surface area contributed by atoms with Crippen LogP contribution >= 0.6 is 0 Å². The molecule has 0 aliphatic heterocycles. The van der Waals surface area contributed by atoms with Crippen LogP contribution in [0.25, 0.3) is 0 Å². The second kappa shape index (κ2) is 6.33. The van der Waals surface area contributed by atoms with Crippen molar-refractivity contribution >= 4 is 17.6 Å². The summed E-state index contributed by atoms with van der Waals surface area (Å²) in [5.41, 5.74) is 6.12. The Balaban J connectivity index is 3.10. The van der Waals surface area contributed by atoms with E-state index in [-0.39, 0.29) is 29.9 Å². The summed E-state index contributed by atoms with van der Waals surface area (Å²) in [6.07, 6.45) is 0. The molecule has 1 atom stereocenters. The smallest absolute Gasteiger partial charge is 0.337 e. The van der Waals surface area contributed by atoms with Crippen molar-refractivity contribution in [1.82, 2.24) is 0 Å². The maximum absolute atomic E-state index is 12.3. The van der Waals surface area contributed by atoms with Crippen molar-refractivity contribution in [3.63, 3.8) is 0 Å². The van der Waals surface area contributed by atoms with Crippen molar-refractivity contribution in [3.8, 4) is 0 Å². The van der Waals surface area contributed by atoms with Crippen LogP contribution in [-0.2, 0) is 4.79 Å². The zero-order chi connectivity index (χ0) is 14.6. The molecule has 104 valence electrons. The first-order chi connectivity index (χ1) is 8.90. The third kappa shape index (κ3) is 3.32. The summed E-state index contributed by atoms with van der Waals surface area (Å²) in [7, 11) is 1.58. The van der Waals surface area contributed by atoms with E-state index in [0.29, 0.717) is 5.69 Å². The van der Waals surface area contributed by atoms with Gasteiger partial charge in [-0.25, -0.2) is 4.79 Å². The third-order valence-corrected chi connectivity index (χ3v) is 3.20. The normalized spacial score (nSPS) is 12.3. The number of carbonyl (C=O) groups is 2. The number of para-hydroxylation sites is 1. The maximum atomic E-state index is 12.3. The molecule has 0 spiro atoms. The lowest BCUT2D eigenvalue weighted by Gasteiger charge is -2.26. The molecule has 0 fully saturated rings. The highest BCUT2D eigenvalue weighted by Gasteiger charge is 2.26. The van der Waals surface area contributed by atoms with E-state index in [1.165, 1.54) is 11.0 Å². The topological polar surface area (TPSA) is 83.6 Å². The lowest BCUT2D eigenvalue weighted by molar-refractivity contribution is -0.123. The highest BCUT2D eigenvalue weighted by atomic mass is 16.4. The molecule has 0 aliphatic rings. The number of amides is 1. The summed E-state index contributed by atoms with van der Waals surface area (Å²) in [5, 5.41) is 9.14. The van der Waals surface area contributed by atoms with Gasteiger partial charge in [-0.05, 0) is 18.1 Å². The van der Waals surface area contributed by atoms with E-state index in [4.69, 9.17) is 10.8 Å². The number of hydrogen-bond donors (Lipinski definition) is 2. The number of carboxylic acids is 1. The van der Waals surface area contributed by atoms with Gasteiger partial charge in [0.1, 0.15) is 0 Å². The third-order valence-electron chi connectivity index (χ3n) is 3.20. The average Bonchev–Trinajstić information content (AvgIpc) is 2.38. The second-order valence-corrected chi connectivity index (χ2v) is 4.81. The molecule has 0 saturated carbocycles. The standard InChI is InChI=1S/C14H20N2O3/c1-9(2)11(8-15)13(17)16(3)12-7-5-4-6-10(12)14(18)19/h4-7,9,11H,8,15H2,1-3H3,(H,18,19). The van der Waals surface area contributed by atoms with Gasteiger partial charge >= 0.3 is 5.97 Å². The molecule has 0 aromatic heterocycles. The SMILES string of the molecule is CC(C)C(CN)C(=O)N(C)c1ccccc1C(=O)O. The van der Waals surface area contributed by atoms with Crippen LogP contribution in [0.5, 0.6) is 0 Å². The van der Waals surface area contributed by atoms with Crippen molar-refractivity contribution in [1.29, 1.82) is 0 Å². The zero-order valence-electron chi connectivity index (χ0n) is 11.5. The molecule has 1 amide bonds. The molecular weight excluding hydrogens is 244 g/mol. The van der Waals surface area contributed by atoms with E-state index in [1.807, 2.05) is 13.8 Å². The molecule has 19 heavy (non-hydrogen) atoms. The van der Waals surface area contributed by atoms with Gasteiger partial charge in [-0.2, -0.15) is 0 Å². The Morgan fingerprint density at radius 3 is 2.37 bits per heavy atom. The van der Waals surface area contributed by atoms with Crippen molar-refractivity contribution in [2.45, 2.75) is 13.8 Å². The molecule has 1 unspecified atom stereocenters. The fourth-order valence-electron chi connectivity index (χ4n) is 1.97. The summed E-state index contributed by atoms with van der Waals surface area (Å²) in [4.78, 5) is 24.9. The predicted molar refractivity (Wildman–Crippen MR) is 74.2 cm³/mol. The van der Waals surface area contributed by atoms with Crippen LogP contribution in [0.2, 0.25) is 0 Å². The molecule has 0 aliphatic carbocycles. The Hall–Kier alpha value is -1.88. The molecule has 0 bridgehead atoms. The number of anilines is 1. The Kier molecular flexibility index (Phi) is 5.06. The molecule has 3 N–H and O–H groups in total. The second-order valence-electron chi connectivity index (χ2n) is 4.81. The highest BCUT2D eigenvalue weighted by Crippen LogP contribution is 2.22. The fraction of sp³-hybridized carbons (Fsp3) is 0.429. The van der Waals surface area contributed by atoms with E-state index >= 15 is 0 Å². The fourth-order valence-corrected chi connectivity index (χ4v) is 1.97. The molecular formula is C14H20N2O3. The minimum Gasteiger partial charge on any atom is -0.478 e. The first kappa shape index (κ1) is 15.2. The molecule has 0 saturated heterocycles. The van der Waals surface area contributed by atoms with E-state index < -0.39 is 5.97 Å². The minimum absolute atomic E-state index is 0.108. The molecule has 1 aromatic carbocycles.